The van der Waals surface area contributed by atoms with Crippen LogP contribution in [0.25, 0.3) is 0 Å². The third-order valence-corrected chi connectivity index (χ3v) is 5.95. The number of aliphatic carboxylic acids is 1. The highest BCUT2D eigenvalue weighted by Gasteiger charge is 2.33. The van der Waals surface area contributed by atoms with Gasteiger partial charge in [-0.2, -0.15) is 11.8 Å². The number of hydrogen-bond donors (Lipinski definition) is 6. The molecule has 4 amide bonds. The summed E-state index contributed by atoms with van der Waals surface area (Å²) < 4.78 is 0. The smallest absolute Gasteiger partial charge is 0.326 e. The Hall–Kier alpha value is -2.34. The number of nitrogens with one attached hydrogen (secondary N) is 3. The molecule has 5 unspecified atom stereocenters. The molecule has 8 N–H and O–H groups in total. The van der Waals surface area contributed by atoms with Crippen molar-refractivity contribution in [2.24, 2.45) is 23.3 Å². The summed E-state index contributed by atoms with van der Waals surface area (Å²) in [5, 5.41) is 17.0. The van der Waals surface area contributed by atoms with Crippen molar-refractivity contribution in [3.63, 3.8) is 0 Å². The molecule has 0 bridgehead atoms. The quantitative estimate of drug-likeness (QED) is 0.168. The zero-order valence-electron chi connectivity index (χ0n) is 20.1. The van der Waals surface area contributed by atoms with E-state index in [1.165, 1.54) is 0 Å². The molecule has 0 aromatic heterocycles. The molecule has 0 aliphatic rings. The van der Waals surface area contributed by atoms with Crippen LogP contribution in [0.2, 0.25) is 0 Å². The van der Waals surface area contributed by atoms with Crippen LogP contribution in [0.1, 0.15) is 53.4 Å². The van der Waals surface area contributed by atoms with Gasteiger partial charge in [0.2, 0.25) is 23.6 Å². The van der Waals surface area contributed by atoms with Crippen LogP contribution >= 0.6 is 11.8 Å². The molecule has 0 saturated heterocycles. The first kappa shape index (κ1) is 30.7. The van der Waals surface area contributed by atoms with Gasteiger partial charge in [0.1, 0.15) is 18.1 Å². The highest BCUT2D eigenvalue weighted by molar-refractivity contribution is 7.98. The number of carboxylic acids is 1. The van der Waals surface area contributed by atoms with E-state index in [-0.39, 0.29) is 24.7 Å². The first-order valence-corrected chi connectivity index (χ1v) is 12.4. The second-order valence-corrected chi connectivity index (χ2v) is 9.38. The number of amides is 4. The van der Waals surface area contributed by atoms with Crippen molar-refractivity contribution in [1.29, 1.82) is 0 Å². The molecule has 0 spiro atoms. The van der Waals surface area contributed by atoms with Crippen molar-refractivity contribution in [3.05, 3.63) is 0 Å². The van der Waals surface area contributed by atoms with Crippen molar-refractivity contribution in [1.82, 2.24) is 16.0 Å². The van der Waals surface area contributed by atoms with Gasteiger partial charge in [0.25, 0.3) is 0 Å². The molecule has 11 nitrogen and oxygen atoms in total. The molecule has 12 heteroatoms. The molecule has 33 heavy (non-hydrogen) atoms. The SMILES string of the molecule is CCC(C)C(NC(=O)C(N)CCSC)C(=O)NC(C(=O)NC(CCC(N)=O)C(=O)O)C(C)C. The molecule has 0 aromatic carbocycles. The minimum atomic E-state index is -1.33. The minimum Gasteiger partial charge on any atom is -0.480 e. The van der Waals surface area contributed by atoms with E-state index in [0.717, 1.165) is 0 Å². The van der Waals surface area contributed by atoms with Gasteiger partial charge < -0.3 is 32.5 Å². The lowest BCUT2D eigenvalue weighted by Gasteiger charge is -2.29. The number of carbonyl (C=O) groups is 5. The third-order valence-electron chi connectivity index (χ3n) is 5.30. The van der Waals surface area contributed by atoms with Crippen LogP contribution in [0, 0.1) is 11.8 Å². The van der Waals surface area contributed by atoms with Crippen molar-refractivity contribution in [2.75, 3.05) is 12.0 Å². The van der Waals surface area contributed by atoms with E-state index >= 15 is 0 Å². The van der Waals surface area contributed by atoms with E-state index in [4.69, 9.17) is 11.5 Å². The Balaban J connectivity index is 5.42. The molecule has 0 rings (SSSR count). The summed E-state index contributed by atoms with van der Waals surface area (Å²) in [6, 6.07) is -4.06. The number of carbonyl (C=O) groups excluding carboxylic acids is 4. The Morgan fingerprint density at radius 1 is 0.909 bits per heavy atom. The van der Waals surface area contributed by atoms with Gasteiger partial charge in [-0.25, -0.2) is 4.79 Å². The van der Waals surface area contributed by atoms with Crippen LogP contribution in [0.3, 0.4) is 0 Å². The maximum absolute atomic E-state index is 13.0. The molecule has 0 aliphatic heterocycles. The zero-order valence-corrected chi connectivity index (χ0v) is 20.9. The zero-order chi connectivity index (χ0) is 25.7. The van der Waals surface area contributed by atoms with Crippen LogP contribution in [-0.4, -0.2) is 70.9 Å². The molecule has 0 aromatic rings. The number of rotatable bonds is 16. The summed E-state index contributed by atoms with van der Waals surface area (Å²) in [4.78, 5) is 60.7. The Kier molecular flexibility index (Phi) is 14.4. The number of nitrogens with two attached hydrogens (primary N) is 2. The number of hydrogen-bond acceptors (Lipinski definition) is 7. The molecule has 0 heterocycles. The fourth-order valence-corrected chi connectivity index (χ4v) is 3.41. The summed E-state index contributed by atoms with van der Waals surface area (Å²) in [7, 11) is 0. The molecule has 0 radical (unpaired) electrons. The summed E-state index contributed by atoms with van der Waals surface area (Å²) in [6.45, 7) is 7.05. The fourth-order valence-electron chi connectivity index (χ4n) is 2.92. The maximum Gasteiger partial charge on any atom is 0.326 e. The van der Waals surface area contributed by atoms with E-state index in [2.05, 4.69) is 16.0 Å². The molecule has 190 valence electrons. The van der Waals surface area contributed by atoms with Crippen LogP contribution in [0.4, 0.5) is 0 Å². The summed E-state index contributed by atoms with van der Waals surface area (Å²) >= 11 is 1.56. The lowest BCUT2D eigenvalue weighted by molar-refractivity contribution is -0.143. The van der Waals surface area contributed by atoms with Gasteiger partial charge in [0, 0.05) is 6.42 Å². The van der Waals surface area contributed by atoms with Crippen LogP contribution in [0.5, 0.6) is 0 Å². The van der Waals surface area contributed by atoms with Crippen molar-refractivity contribution in [2.45, 2.75) is 77.5 Å². The molecular formula is C21H39N5O6S. The van der Waals surface area contributed by atoms with E-state index < -0.39 is 53.8 Å². The Morgan fingerprint density at radius 2 is 1.45 bits per heavy atom. The monoisotopic (exact) mass is 489 g/mol. The van der Waals surface area contributed by atoms with Crippen molar-refractivity contribution in [3.8, 4) is 0 Å². The van der Waals surface area contributed by atoms with Crippen molar-refractivity contribution >= 4 is 41.4 Å². The largest absolute Gasteiger partial charge is 0.480 e. The Bertz CT molecular complexity index is 690. The lowest BCUT2D eigenvalue weighted by atomic mass is 9.96. The van der Waals surface area contributed by atoms with Gasteiger partial charge in [-0.1, -0.05) is 34.1 Å². The summed E-state index contributed by atoms with van der Waals surface area (Å²) in [6.07, 6.45) is 2.56. The fraction of sp³-hybridized carbons (Fsp3) is 0.762. The standard InChI is InChI=1S/C21H39N5O6S/c1-6-12(4)17(26-18(28)13(22)9-10-33-5)20(30)25-16(11(2)3)19(29)24-14(21(31)32)7-8-15(23)27/h11-14,16-17H,6-10,22H2,1-5H3,(H2,23,27)(H,24,29)(H,25,30)(H,26,28)(H,31,32). The average molecular weight is 490 g/mol. The van der Waals surface area contributed by atoms with E-state index in [9.17, 15) is 29.1 Å². The van der Waals surface area contributed by atoms with Gasteiger partial charge >= 0.3 is 5.97 Å². The second-order valence-electron chi connectivity index (χ2n) is 8.39. The van der Waals surface area contributed by atoms with Crippen molar-refractivity contribution < 1.29 is 29.1 Å². The predicted octanol–water partition coefficient (Wildman–Crippen LogP) is -0.427. The Labute approximate surface area is 199 Å². The molecule has 0 saturated carbocycles. The topological polar surface area (TPSA) is 194 Å². The van der Waals surface area contributed by atoms with Crippen LogP contribution in [-0.2, 0) is 24.0 Å². The predicted molar refractivity (Wildman–Crippen MR) is 127 cm³/mol. The number of thioether (sulfide) groups is 1. The van der Waals surface area contributed by atoms with Gasteiger partial charge in [-0.05, 0) is 36.7 Å². The van der Waals surface area contributed by atoms with Gasteiger partial charge in [-0.3, -0.25) is 19.2 Å². The molecule has 0 aliphatic carbocycles. The first-order chi connectivity index (χ1) is 15.3. The minimum absolute atomic E-state index is 0.172. The first-order valence-electron chi connectivity index (χ1n) is 11.0. The van der Waals surface area contributed by atoms with Gasteiger partial charge in [0.05, 0.1) is 6.04 Å². The van der Waals surface area contributed by atoms with E-state index in [0.29, 0.717) is 18.6 Å². The summed E-state index contributed by atoms with van der Waals surface area (Å²) in [5.74, 6) is -3.64. The van der Waals surface area contributed by atoms with Crippen LogP contribution < -0.4 is 27.4 Å². The van der Waals surface area contributed by atoms with E-state index in [1.807, 2.05) is 13.2 Å². The van der Waals surface area contributed by atoms with Crippen LogP contribution in [0.15, 0.2) is 0 Å². The molecular weight excluding hydrogens is 450 g/mol. The normalized spacial score (nSPS) is 15.6. The second kappa shape index (κ2) is 15.5. The Morgan fingerprint density at radius 3 is 1.91 bits per heavy atom. The van der Waals surface area contributed by atoms with Gasteiger partial charge in [0.15, 0.2) is 0 Å². The van der Waals surface area contributed by atoms with Gasteiger partial charge in [-0.15, -0.1) is 0 Å². The third kappa shape index (κ3) is 11.4. The highest BCUT2D eigenvalue weighted by atomic mass is 32.2. The lowest BCUT2D eigenvalue weighted by Crippen LogP contribution is -2.59. The number of carboxylic acid groups (broad SMARTS) is 1. The molecule has 5 atom stereocenters. The summed E-state index contributed by atoms with van der Waals surface area (Å²) in [5.41, 5.74) is 11.0. The molecule has 0 fully saturated rings. The highest BCUT2D eigenvalue weighted by Crippen LogP contribution is 2.11. The number of primary amides is 1. The van der Waals surface area contributed by atoms with E-state index in [1.54, 1.807) is 32.5 Å². The average Bonchev–Trinajstić information content (AvgIpc) is 2.74. The maximum atomic E-state index is 13.0.